The second-order valence-electron chi connectivity index (χ2n) is 6.61. The second-order valence-corrected chi connectivity index (χ2v) is 7.70. The normalized spacial score (nSPS) is 41.9. The van der Waals surface area contributed by atoms with Gasteiger partial charge in [-0.2, -0.15) is 0 Å². The van der Waals surface area contributed by atoms with Crippen molar-refractivity contribution >= 4 is 17.7 Å². The average molecular weight is 302 g/mol. The number of carbonyl (C=O) groups excluding carboxylic acids is 1. The largest absolute Gasteiger partial charge is 0.459 e. The Morgan fingerprint density at radius 2 is 2.05 bits per heavy atom. The highest BCUT2D eigenvalue weighted by Gasteiger charge is 2.40. The van der Waals surface area contributed by atoms with Crippen molar-refractivity contribution in [1.29, 1.82) is 0 Å². The summed E-state index contributed by atoms with van der Waals surface area (Å²) in [5.74, 6) is 2.16. The number of aliphatic hydroxyl groups is 1. The summed E-state index contributed by atoms with van der Waals surface area (Å²) in [4.78, 5) is 12.2. The van der Waals surface area contributed by atoms with Crippen molar-refractivity contribution in [2.24, 2.45) is 23.7 Å². The van der Waals surface area contributed by atoms with Gasteiger partial charge in [-0.05, 0) is 30.6 Å². The van der Waals surface area contributed by atoms with Gasteiger partial charge in [-0.3, -0.25) is 0 Å². The van der Waals surface area contributed by atoms with Crippen molar-refractivity contribution in [2.75, 3.05) is 5.75 Å². The van der Waals surface area contributed by atoms with Crippen LogP contribution in [0.4, 0.5) is 0 Å². The fraction of sp³-hybridized carbons (Fsp3) is 0.933. The average Bonchev–Trinajstić information content (AvgIpc) is 2.74. The van der Waals surface area contributed by atoms with E-state index in [9.17, 15) is 9.90 Å². The van der Waals surface area contributed by atoms with E-state index < -0.39 is 11.7 Å². The van der Waals surface area contributed by atoms with Crippen LogP contribution in [-0.4, -0.2) is 34.7 Å². The number of hydrogen-bond donors (Lipinski definition) is 1. The maximum absolute atomic E-state index is 12.2. The molecule has 6 atom stereocenters. The van der Waals surface area contributed by atoms with Gasteiger partial charge in [-0.25, -0.2) is 4.79 Å². The third-order valence-corrected chi connectivity index (χ3v) is 5.48. The first-order valence-electron chi connectivity index (χ1n) is 7.54. The van der Waals surface area contributed by atoms with Crippen LogP contribution in [0.15, 0.2) is 0 Å². The summed E-state index contributed by atoms with van der Waals surface area (Å²) in [6.45, 7) is 8.87. The molecule has 0 aromatic heterocycles. The van der Waals surface area contributed by atoms with Crippen LogP contribution in [0.3, 0.4) is 0 Å². The lowest BCUT2D eigenvalue weighted by atomic mass is 9.69. The minimum atomic E-state index is -0.845. The topological polar surface area (TPSA) is 55.8 Å². The third-order valence-electron chi connectivity index (χ3n) is 4.40. The number of thioether (sulfide) groups is 1. The van der Waals surface area contributed by atoms with Crippen LogP contribution in [0.5, 0.6) is 0 Å². The van der Waals surface area contributed by atoms with E-state index in [0.29, 0.717) is 29.4 Å². The summed E-state index contributed by atoms with van der Waals surface area (Å²) < 4.78 is 10.9. The number of ether oxygens (including phenoxy) is 2. The molecule has 116 valence electrons. The number of hydrogen-bond acceptors (Lipinski definition) is 5. The third kappa shape index (κ3) is 3.68. The lowest BCUT2D eigenvalue weighted by Gasteiger charge is -2.41. The van der Waals surface area contributed by atoms with Crippen LogP contribution < -0.4 is 0 Å². The van der Waals surface area contributed by atoms with Crippen molar-refractivity contribution < 1.29 is 19.4 Å². The number of aliphatic hydroxyl groups excluding tert-OH is 1. The van der Waals surface area contributed by atoms with Crippen LogP contribution >= 0.6 is 11.8 Å². The van der Waals surface area contributed by atoms with Crippen molar-refractivity contribution in [3.63, 3.8) is 0 Å². The molecule has 0 radical (unpaired) electrons. The first-order valence-corrected chi connectivity index (χ1v) is 8.59. The molecule has 1 aliphatic heterocycles. The van der Waals surface area contributed by atoms with Gasteiger partial charge in [0, 0.05) is 11.7 Å². The highest BCUT2D eigenvalue weighted by molar-refractivity contribution is 8.00. The van der Waals surface area contributed by atoms with E-state index in [1.807, 2.05) is 0 Å². The lowest BCUT2D eigenvalue weighted by molar-refractivity contribution is -0.173. The quantitative estimate of drug-likeness (QED) is 0.812. The van der Waals surface area contributed by atoms with E-state index in [0.717, 1.165) is 6.42 Å². The van der Waals surface area contributed by atoms with E-state index in [1.165, 1.54) is 18.2 Å². The molecule has 2 aliphatic rings. The molecular formula is C15H26O4S. The van der Waals surface area contributed by atoms with Crippen molar-refractivity contribution in [3.05, 3.63) is 0 Å². The van der Waals surface area contributed by atoms with Crippen LogP contribution in [0.25, 0.3) is 0 Å². The monoisotopic (exact) mass is 302 g/mol. The molecule has 0 aromatic carbocycles. The van der Waals surface area contributed by atoms with Crippen molar-refractivity contribution in [3.8, 4) is 0 Å². The molecular weight excluding hydrogens is 276 g/mol. The number of rotatable bonds is 3. The van der Waals surface area contributed by atoms with E-state index in [1.54, 1.807) is 0 Å². The molecule has 1 aliphatic carbocycles. The smallest absolute Gasteiger partial charge is 0.346 e. The summed E-state index contributed by atoms with van der Waals surface area (Å²) in [7, 11) is 0. The summed E-state index contributed by atoms with van der Waals surface area (Å²) in [5, 5.41) is 9.33. The molecule has 0 spiro atoms. The summed E-state index contributed by atoms with van der Waals surface area (Å²) in [6, 6.07) is 0. The van der Waals surface area contributed by atoms with Crippen molar-refractivity contribution in [2.45, 2.75) is 58.4 Å². The summed E-state index contributed by atoms with van der Waals surface area (Å²) in [5.41, 5.74) is -0.662. The molecule has 2 unspecified atom stereocenters. The molecule has 1 saturated carbocycles. The molecule has 4 nitrogen and oxygen atoms in total. The standard InChI is InChI=1S/C15H26O4S/c1-8(2)13-10(4)5-9(3)6-11(13)18-14(17)15-19-12(16)7-20-15/h8-13,15-16H,5-7H2,1-4H3/t9-,10?,11-,12-,13-,15?/m1/s1. The molecule has 1 N–H and O–H groups in total. The van der Waals surface area contributed by atoms with Gasteiger partial charge in [0.1, 0.15) is 6.10 Å². The van der Waals surface area contributed by atoms with Crippen LogP contribution in [0.1, 0.15) is 40.5 Å². The molecule has 1 saturated heterocycles. The Balaban J connectivity index is 1.99. The molecule has 2 fully saturated rings. The molecule has 1 heterocycles. The minimum Gasteiger partial charge on any atom is -0.459 e. The summed E-state index contributed by atoms with van der Waals surface area (Å²) >= 11 is 1.31. The maximum Gasteiger partial charge on any atom is 0.346 e. The first-order chi connectivity index (χ1) is 9.38. The van der Waals surface area contributed by atoms with Crippen molar-refractivity contribution in [1.82, 2.24) is 0 Å². The second kappa shape index (κ2) is 6.67. The van der Waals surface area contributed by atoms with E-state index in [-0.39, 0.29) is 12.1 Å². The minimum absolute atomic E-state index is 0.0248. The van der Waals surface area contributed by atoms with E-state index in [4.69, 9.17) is 9.47 Å². The Bertz CT molecular complexity index is 347. The number of carbonyl (C=O) groups is 1. The lowest BCUT2D eigenvalue weighted by Crippen LogP contribution is -2.42. The van der Waals surface area contributed by atoms with Gasteiger partial charge in [0.25, 0.3) is 0 Å². The van der Waals surface area contributed by atoms with Gasteiger partial charge in [0.2, 0.25) is 5.44 Å². The number of esters is 1. The zero-order valence-corrected chi connectivity index (χ0v) is 13.6. The Hall–Kier alpha value is -0.260. The molecule has 2 rings (SSSR count). The predicted molar refractivity (Wildman–Crippen MR) is 79.1 cm³/mol. The zero-order valence-electron chi connectivity index (χ0n) is 12.7. The predicted octanol–water partition coefficient (Wildman–Crippen LogP) is 2.64. The highest BCUT2D eigenvalue weighted by atomic mass is 32.2. The highest BCUT2D eigenvalue weighted by Crippen LogP contribution is 2.40. The van der Waals surface area contributed by atoms with Gasteiger partial charge >= 0.3 is 5.97 Å². The Labute approximate surface area is 125 Å². The SMILES string of the molecule is CC(C)[C@@H]1C(C)C[C@@H](C)C[C@H]1OC(=O)C1O[C@@H](O)CS1. The Kier molecular flexibility index (Phi) is 5.37. The van der Waals surface area contributed by atoms with E-state index >= 15 is 0 Å². The molecule has 20 heavy (non-hydrogen) atoms. The first kappa shape index (κ1) is 16.1. The fourth-order valence-corrected chi connectivity index (χ4v) is 4.56. The van der Waals surface area contributed by atoms with Crippen LogP contribution in [-0.2, 0) is 14.3 Å². The van der Waals surface area contributed by atoms with Gasteiger partial charge in [0.15, 0.2) is 6.29 Å². The molecule has 0 amide bonds. The van der Waals surface area contributed by atoms with Crippen LogP contribution in [0.2, 0.25) is 0 Å². The van der Waals surface area contributed by atoms with E-state index in [2.05, 4.69) is 27.7 Å². The van der Waals surface area contributed by atoms with Gasteiger partial charge in [0.05, 0.1) is 0 Å². The Morgan fingerprint density at radius 3 is 2.60 bits per heavy atom. The zero-order chi connectivity index (χ0) is 14.9. The van der Waals surface area contributed by atoms with Gasteiger partial charge in [-0.1, -0.05) is 27.7 Å². The summed E-state index contributed by atoms with van der Waals surface area (Å²) in [6.07, 6.45) is 1.26. The van der Waals surface area contributed by atoms with Gasteiger partial charge in [-0.15, -0.1) is 11.8 Å². The fourth-order valence-electron chi connectivity index (χ4n) is 3.74. The Morgan fingerprint density at radius 1 is 1.35 bits per heavy atom. The molecule has 5 heteroatoms. The molecule has 0 bridgehead atoms. The molecule has 0 aromatic rings. The van der Waals surface area contributed by atoms with Gasteiger partial charge < -0.3 is 14.6 Å². The van der Waals surface area contributed by atoms with Crippen LogP contribution in [0, 0.1) is 23.7 Å². The maximum atomic E-state index is 12.2.